The van der Waals surface area contributed by atoms with Gasteiger partial charge < -0.3 is 9.84 Å². The van der Waals surface area contributed by atoms with Gasteiger partial charge in [0.1, 0.15) is 0 Å². The van der Waals surface area contributed by atoms with Crippen molar-refractivity contribution in [3.63, 3.8) is 0 Å². The minimum atomic E-state index is -0.345. The highest BCUT2D eigenvalue weighted by molar-refractivity contribution is 4.42. The molecule has 0 heterocycles. The van der Waals surface area contributed by atoms with Crippen molar-refractivity contribution in [2.45, 2.75) is 33.0 Å². The molecule has 4 heteroatoms. The summed E-state index contributed by atoms with van der Waals surface area (Å²) in [6, 6.07) is 0. The average Bonchev–Trinajstić information content (AvgIpc) is 2.10. The molecule has 12 heavy (non-hydrogen) atoms. The van der Waals surface area contributed by atoms with Gasteiger partial charge in [0.2, 0.25) is 0 Å². The maximum Gasteiger partial charge on any atom is 0.191 e. The van der Waals surface area contributed by atoms with Crippen LogP contribution in [-0.2, 0) is 14.5 Å². The SMILES string of the molecule is CCOOC(CCCO)OCC. The van der Waals surface area contributed by atoms with E-state index < -0.39 is 0 Å². The first kappa shape index (κ1) is 11.8. The second kappa shape index (κ2) is 8.93. The molecule has 0 bridgehead atoms. The molecule has 0 saturated carbocycles. The molecule has 1 unspecified atom stereocenters. The summed E-state index contributed by atoms with van der Waals surface area (Å²) in [5.74, 6) is 0. The molecule has 0 radical (unpaired) electrons. The number of hydrogen-bond acceptors (Lipinski definition) is 4. The molecule has 0 amide bonds. The van der Waals surface area contributed by atoms with Gasteiger partial charge in [0.05, 0.1) is 6.61 Å². The monoisotopic (exact) mass is 178 g/mol. The number of aliphatic hydroxyl groups is 1. The third-order valence-electron chi connectivity index (χ3n) is 1.24. The molecule has 0 aromatic rings. The van der Waals surface area contributed by atoms with E-state index in [0.717, 1.165) is 0 Å². The third-order valence-corrected chi connectivity index (χ3v) is 1.24. The fourth-order valence-corrected chi connectivity index (χ4v) is 0.747. The van der Waals surface area contributed by atoms with Crippen LogP contribution in [0.25, 0.3) is 0 Å². The van der Waals surface area contributed by atoms with Gasteiger partial charge in [-0.1, -0.05) is 0 Å². The van der Waals surface area contributed by atoms with Crippen LogP contribution < -0.4 is 0 Å². The highest BCUT2D eigenvalue weighted by Crippen LogP contribution is 2.04. The lowest BCUT2D eigenvalue weighted by Gasteiger charge is -2.14. The van der Waals surface area contributed by atoms with Crippen LogP contribution >= 0.6 is 0 Å². The van der Waals surface area contributed by atoms with Gasteiger partial charge in [0.25, 0.3) is 0 Å². The standard InChI is InChI=1S/C8H18O4/c1-3-10-8(6-5-7-9)12-11-4-2/h8-9H,3-7H2,1-2H3. The zero-order valence-corrected chi connectivity index (χ0v) is 7.78. The quantitative estimate of drug-likeness (QED) is 0.343. The molecule has 1 atom stereocenters. The van der Waals surface area contributed by atoms with Crippen LogP contribution in [-0.4, -0.2) is 31.2 Å². The van der Waals surface area contributed by atoms with Gasteiger partial charge in [-0.05, 0) is 20.3 Å². The molecule has 0 aliphatic rings. The fourth-order valence-electron chi connectivity index (χ4n) is 0.747. The minimum Gasteiger partial charge on any atom is -0.396 e. The first-order valence-electron chi connectivity index (χ1n) is 4.35. The molecule has 0 rings (SSSR count). The van der Waals surface area contributed by atoms with Gasteiger partial charge in [-0.3, -0.25) is 0 Å². The van der Waals surface area contributed by atoms with Crippen molar-refractivity contribution in [1.29, 1.82) is 0 Å². The van der Waals surface area contributed by atoms with E-state index >= 15 is 0 Å². The van der Waals surface area contributed by atoms with Crippen LogP contribution in [0.5, 0.6) is 0 Å². The molecular weight excluding hydrogens is 160 g/mol. The topological polar surface area (TPSA) is 47.9 Å². The van der Waals surface area contributed by atoms with Crippen LogP contribution in [0.3, 0.4) is 0 Å². The van der Waals surface area contributed by atoms with Crippen LogP contribution in [0.15, 0.2) is 0 Å². The van der Waals surface area contributed by atoms with Gasteiger partial charge in [-0.2, -0.15) is 0 Å². The van der Waals surface area contributed by atoms with Crippen molar-refractivity contribution in [1.82, 2.24) is 0 Å². The van der Waals surface area contributed by atoms with Crippen molar-refractivity contribution in [2.75, 3.05) is 19.8 Å². The van der Waals surface area contributed by atoms with E-state index in [1.807, 2.05) is 13.8 Å². The zero-order chi connectivity index (χ0) is 9.23. The predicted octanol–water partition coefficient (Wildman–Crippen LogP) is 1.09. The lowest BCUT2D eigenvalue weighted by molar-refractivity contribution is -0.377. The number of hydrogen-bond donors (Lipinski definition) is 1. The summed E-state index contributed by atoms with van der Waals surface area (Å²) in [6.45, 7) is 4.97. The zero-order valence-electron chi connectivity index (χ0n) is 7.78. The van der Waals surface area contributed by atoms with Crippen molar-refractivity contribution in [3.05, 3.63) is 0 Å². The normalized spacial score (nSPS) is 13.2. The Morgan fingerprint density at radius 2 is 2.00 bits per heavy atom. The van der Waals surface area contributed by atoms with Crippen molar-refractivity contribution < 1.29 is 19.6 Å². The van der Waals surface area contributed by atoms with E-state index in [1.165, 1.54) is 0 Å². The minimum absolute atomic E-state index is 0.152. The Morgan fingerprint density at radius 1 is 1.25 bits per heavy atom. The van der Waals surface area contributed by atoms with Crippen molar-refractivity contribution >= 4 is 0 Å². The maximum absolute atomic E-state index is 8.56. The van der Waals surface area contributed by atoms with Crippen LogP contribution in [0.4, 0.5) is 0 Å². The molecule has 0 aromatic carbocycles. The molecule has 0 aliphatic carbocycles. The Labute approximate surface area is 73.4 Å². The maximum atomic E-state index is 8.56. The molecule has 0 aliphatic heterocycles. The van der Waals surface area contributed by atoms with Gasteiger partial charge in [-0.25, -0.2) is 9.78 Å². The summed E-state index contributed by atoms with van der Waals surface area (Å²) in [4.78, 5) is 9.64. The summed E-state index contributed by atoms with van der Waals surface area (Å²) in [5.41, 5.74) is 0. The van der Waals surface area contributed by atoms with Gasteiger partial charge in [0.15, 0.2) is 6.29 Å². The molecule has 4 nitrogen and oxygen atoms in total. The number of ether oxygens (including phenoxy) is 1. The molecule has 1 N–H and O–H groups in total. The Bertz CT molecular complexity index is 79.1. The lowest BCUT2D eigenvalue weighted by Crippen LogP contribution is -2.18. The van der Waals surface area contributed by atoms with Gasteiger partial charge in [-0.15, -0.1) is 0 Å². The first-order valence-corrected chi connectivity index (χ1v) is 4.35. The van der Waals surface area contributed by atoms with Gasteiger partial charge >= 0.3 is 0 Å². The van der Waals surface area contributed by atoms with E-state index in [9.17, 15) is 0 Å². The molecule has 0 saturated heterocycles. The Hall–Kier alpha value is -0.160. The lowest BCUT2D eigenvalue weighted by atomic mass is 10.3. The van der Waals surface area contributed by atoms with Gasteiger partial charge in [0, 0.05) is 19.6 Å². The second-order valence-electron chi connectivity index (χ2n) is 2.25. The van der Waals surface area contributed by atoms with E-state index in [2.05, 4.69) is 0 Å². The third kappa shape index (κ3) is 6.54. The number of rotatable bonds is 8. The van der Waals surface area contributed by atoms with Crippen LogP contribution in [0.1, 0.15) is 26.7 Å². The van der Waals surface area contributed by atoms with E-state index in [-0.39, 0.29) is 12.9 Å². The summed E-state index contributed by atoms with van der Waals surface area (Å²) < 4.78 is 5.19. The largest absolute Gasteiger partial charge is 0.396 e. The summed E-state index contributed by atoms with van der Waals surface area (Å²) >= 11 is 0. The fraction of sp³-hybridized carbons (Fsp3) is 1.00. The predicted molar refractivity (Wildman–Crippen MR) is 44.4 cm³/mol. The van der Waals surface area contributed by atoms with E-state index in [1.54, 1.807) is 0 Å². The van der Waals surface area contributed by atoms with Crippen LogP contribution in [0, 0.1) is 0 Å². The molecule has 74 valence electrons. The Morgan fingerprint density at radius 3 is 2.50 bits per heavy atom. The Balaban J connectivity index is 3.40. The smallest absolute Gasteiger partial charge is 0.191 e. The van der Waals surface area contributed by atoms with Crippen molar-refractivity contribution in [3.8, 4) is 0 Å². The first-order chi connectivity index (χ1) is 5.85. The average molecular weight is 178 g/mol. The van der Waals surface area contributed by atoms with E-state index in [4.69, 9.17) is 19.6 Å². The molecule has 0 aromatic heterocycles. The highest BCUT2D eigenvalue weighted by atomic mass is 17.2. The molecule has 0 fully saturated rings. The number of aliphatic hydroxyl groups excluding tert-OH is 1. The summed E-state index contributed by atoms with van der Waals surface area (Å²) in [7, 11) is 0. The summed E-state index contributed by atoms with van der Waals surface area (Å²) in [5, 5.41) is 8.56. The second-order valence-corrected chi connectivity index (χ2v) is 2.25. The van der Waals surface area contributed by atoms with Crippen molar-refractivity contribution in [2.24, 2.45) is 0 Å². The highest BCUT2D eigenvalue weighted by Gasteiger charge is 2.08. The van der Waals surface area contributed by atoms with Crippen LogP contribution in [0.2, 0.25) is 0 Å². The van der Waals surface area contributed by atoms with E-state index in [0.29, 0.717) is 26.1 Å². The Kier molecular flexibility index (Phi) is 8.81. The summed E-state index contributed by atoms with van der Waals surface area (Å²) in [6.07, 6.45) is 0.976. The molecular formula is C8H18O4. The molecule has 0 spiro atoms.